The van der Waals surface area contributed by atoms with Crippen molar-refractivity contribution in [3.05, 3.63) is 108 Å². The van der Waals surface area contributed by atoms with Crippen molar-refractivity contribution in [2.24, 2.45) is 0 Å². The molecule has 4 aromatic carbocycles. The van der Waals surface area contributed by atoms with Gasteiger partial charge >= 0.3 is 18.2 Å². The van der Waals surface area contributed by atoms with Crippen LogP contribution in [0.5, 0.6) is 0 Å². The maximum absolute atomic E-state index is 12.4. The number of anilines is 4. The van der Waals surface area contributed by atoms with E-state index in [1.165, 1.54) is 42.8 Å². The second kappa shape index (κ2) is 17.5. The molecule has 0 saturated carbocycles. The number of nitrogens with one attached hydrogen (secondary N) is 4. The molecule has 270 valence electrons. The summed E-state index contributed by atoms with van der Waals surface area (Å²) in [5, 5.41) is 9.63. The molecule has 0 aliphatic carbocycles. The Bertz CT molecular complexity index is 1930. The fourth-order valence-electron chi connectivity index (χ4n) is 4.10. The molecule has 4 N–H and O–H groups in total. The molecule has 0 aromatic heterocycles. The number of carbonyl (C=O) groups excluding carboxylic acids is 4. The highest BCUT2D eigenvalue weighted by Gasteiger charge is 2.38. The first-order chi connectivity index (χ1) is 23.8. The largest absolute Gasteiger partial charge is 0.471 e. The minimum Gasteiger partial charge on any atom is -0.444 e. The molecular weight excluding hydrogens is 710 g/mol. The van der Waals surface area contributed by atoms with E-state index in [2.05, 4.69) is 16.0 Å². The predicted octanol–water partition coefficient (Wildman–Crippen LogP) is 7.20. The molecule has 0 aliphatic rings. The Morgan fingerprint density at radius 3 is 1.22 bits per heavy atom. The van der Waals surface area contributed by atoms with Crippen LogP contribution in [0.3, 0.4) is 0 Å². The molecule has 0 heterocycles. The van der Waals surface area contributed by atoms with Crippen molar-refractivity contribution in [1.29, 1.82) is 0 Å². The summed E-state index contributed by atoms with van der Waals surface area (Å²) in [5.74, 6) is -2.93. The third-order valence-electron chi connectivity index (χ3n) is 6.33. The zero-order valence-corrected chi connectivity index (χ0v) is 29.7. The Hall–Kier alpha value is -5.35. The normalized spacial score (nSPS) is 12.2. The molecule has 0 saturated heterocycles. The van der Waals surface area contributed by atoms with Gasteiger partial charge in [0.05, 0.1) is 42.5 Å². The van der Waals surface area contributed by atoms with Gasteiger partial charge in [-0.3, -0.25) is 28.1 Å². The molecule has 0 aliphatic heterocycles. The van der Waals surface area contributed by atoms with Crippen molar-refractivity contribution in [3.8, 4) is 0 Å². The Morgan fingerprint density at radius 2 is 0.882 bits per heavy atom. The van der Waals surface area contributed by atoms with Crippen LogP contribution in [-0.4, -0.2) is 56.5 Å². The Labute approximate surface area is 297 Å². The maximum Gasteiger partial charge on any atom is 0.471 e. The van der Waals surface area contributed by atoms with E-state index >= 15 is 0 Å². The lowest BCUT2D eigenvalue weighted by Crippen LogP contribution is -2.29. The van der Waals surface area contributed by atoms with Crippen LogP contribution in [0.1, 0.15) is 41.5 Å². The maximum atomic E-state index is 12.4. The molecule has 2 unspecified atom stereocenters. The summed E-state index contributed by atoms with van der Waals surface area (Å²) < 4.78 is 65.1. The molecule has 4 aromatic rings. The lowest BCUT2D eigenvalue weighted by molar-refractivity contribution is -0.167. The zero-order chi connectivity index (χ0) is 37.9. The standard InChI is InChI=1S/C19H22N2O4S.C16H13F3N2O3S/c1-19(2,3)25-18(23)21-14-11-9-13(10-12-14)20-17(22)15-7-5-6-8-16(15)26(4)24;1-25(24)13-5-3-2-4-12(13)14(22)20-10-6-8-11(9-7-10)21-15(23)16(17,18)19/h5-12H,1-4H3,(H,20,22)(H,21,23);2-9H,1H3,(H,20,22)(H,21,23). The minimum atomic E-state index is -4.98. The number of rotatable bonds is 8. The van der Waals surface area contributed by atoms with Gasteiger partial charge in [-0.15, -0.1) is 0 Å². The number of alkyl halides is 3. The second-order valence-electron chi connectivity index (χ2n) is 11.5. The van der Waals surface area contributed by atoms with Gasteiger partial charge < -0.3 is 20.7 Å². The highest BCUT2D eigenvalue weighted by molar-refractivity contribution is 7.84. The summed E-state index contributed by atoms with van der Waals surface area (Å²) in [7, 11) is -2.61. The monoisotopic (exact) mass is 744 g/mol. The third kappa shape index (κ3) is 12.8. The molecule has 51 heavy (non-hydrogen) atoms. The first-order valence-corrected chi connectivity index (χ1v) is 18.0. The first kappa shape index (κ1) is 40.1. The van der Waals surface area contributed by atoms with Crippen molar-refractivity contribution in [1.82, 2.24) is 0 Å². The smallest absolute Gasteiger partial charge is 0.444 e. The van der Waals surface area contributed by atoms with Crippen LogP contribution in [-0.2, 0) is 31.1 Å². The number of amides is 4. The van der Waals surface area contributed by atoms with E-state index in [0.29, 0.717) is 32.4 Å². The van der Waals surface area contributed by atoms with Crippen molar-refractivity contribution < 1.29 is 45.5 Å². The van der Waals surface area contributed by atoms with E-state index in [0.717, 1.165) is 0 Å². The fraction of sp³-hybridized carbons (Fsp3) is 0.200. The SMILES string of the molecule is CS(=O)c1ccccc1C(=O)Nc1ccc(NC(=O)C(F)(F)F)cc1.CS(=O)c1ccccc1C(=O)Nc1ccc(NC(=O)OC(C)(C)C)cc1. The van der Waals surface area contributed by atoms with Crippen LogP contribution >= 0.6 is 0 Å². The van der Waals surface area contributed by atoms with Gasteiger partial charge in [0.15, 0.2) is 0 Å². The lowest BCUT2D eigenvalue weighted by atomic mass is 10.2. The van der Waals surface area contributed by atoms with Gasteiger partial charge in [-0.2, -0.15) is 13.2 Å². The molecule has 4 amide bonds. The summed E-state index contributed by atoms with van der Waals surface area (Å²) in [6, 6.07) is 24.9. The van der Waals surface area contributed by atoms with Gasteiger partial charge in [0.25, 0.3) is 11.8 Å². The highest BCUT2D eigenvalue weighted by Crippen LogP contribution is 2.22. The van der Waals surface area contributed by atoms with E-state index < -0.39 is 51.3 Å². The number of hydrogen-bond donors (Lipinski definition) is 4. The summed E-state index contributed by atoms with van der Waals surface area (Å²) in [6.07, 6.45) is -2.55. The summed E-state index contributed by atoms with van der Waals surface area (Å²) in [5.41, 5.74) is 1.38. The van der Waals surface area contributed by atoms with Gasteiger partial charge in [0.2, 0.25) is 0 Å². The van der Waals surface area contributed by atoms with Crippen LogP contribution in [0.25, 0.3) is 0 Å². The highest BCUT2D eigenvalue weighted by atomic mass is 32.2. The van der Waals surface area contributed by atoms with Crippen LogP contribution in [0.2, 0.25) is 0 Å². The quantitative estimate of drug-likeness (QED) is 0.149. The number of carbonyl (C=O) groups is 4. The summed E-state index contributed by atoms with van der Waals surface area (Å²) in [6.45, 7) is 5.35. The van der Waals surface area contributed by atoms with Crippen molar-refractivity contribution in [3.63, 3.8) is 0 Å². The van der Waals surface area contributed by atoms with Gasteiger partial charge in [-0.1, -0.05) is 24.3 Å². The van der Waals surface area contributed by atoms with Gasteiger partial charge in [-0.05, 0) is 93.6 Å². The summed E-state index contributed by atoms with van der Waals surface area (Å²) in [4.78, 5) is 48.1. The Balaban J connectivity index is 0.000000276. The Morgan fingerprint density at radius 1 is 0.549 bits per heavy atom. The minimum absolute atomic E-state index is 0.0598. The van der Waals surface area contributed by atoms with Crippen LogP contribution in [0.4, 0.5) is 40.7 Å². The lowest BCUT2D eigenvalue weighted by Gasteiger charge is -2.19. The molecule has 0 fully saturated rings. The fourth-order valence-corrected chi connectivity index (χ4v) is 5.59. The first-order valence-electron chi connectivity index (χ1n) is 14.9. The van der Waals surface area contributed by atoms with Crippen molar-refractivity contribution in [2.75, 3.05) is 33.8 Å². The molecule has 0 radical (unpaired) electrons. The van der Waals surface area contributed by atoms with Gasteiger partial charge in [0, 0.05) is 35.3 Å². The molecule has 0 spiro atoms. The average Bonchev–Trinajstić information content (AvgIpc) is 3.05. The number of benzene rings is 4. The average molecular weight is 745 g/mol. The Kier molecular flexibility index (Phi) is 13.8. The predicted molar refractivity (Wildman–Crippen MR) is 191 cm³/mol. The number of ether oxygens (including phenoxy) is 1. The van der Waals surface area contributed by atoms with E-state index in [4.69, 9.17) is 4.74 Å². The molecule has 16 heteroatoms. The van der Waals surface area contributed by atoms with E-state index in [-0.39, 0.29) is 17.2 Å². The molecule has 2 atom stereocenters. The molecule has 4 rings (SSSR count). The molecule has 11 nitrogen and oxygen atoms in total. The van der Waals surface area contributed by atoms with Gasteiger partial charge in [0.1, 0.15) is 5.60 Å². The van der Waals surface area contributed by atoms with Crippen molar-refractivity contribution in [2.45, 2.75) is 42.3 Å². The third-order valence-corrected chi connectivity index (χ3v) is 8.28. The van der Waals surface area contributed by atoms with Gasteiger partial charge in [-0.25, -0.2) is 4.79 Å². The second-order valence-corrected chi connectivity index (χ2v) is 14.2. The number of hydrogen-bond acceptors (Lipinski definition) is 7. The van der Waals surface area contributed by atoms with E-state index in [9.17, 15) is 40.8 Å². The van der Waals surface area contributed by atoms with Crippen LogP contribution in [0.15, 0.2) is 107 Å². The summed E-state index contributed by atoms with van der Waals surface area (Å²) >= 11 is 0. The van der Waals surface area contributed by atoms with Crippen LogP contribution in [0, 0.1) is 0 Å². The zero-order valence-electron chi connectivity index (χ0n) is 28.0. The number of halogens is 3. The van der Waals surface area contributed by atoms with E-state index in [1.54, 1.807) is 92.8 Å². The van der Waals surface area contributed by atoms with Crippen molar-refractivity contribution >= 4 is 68.2 Å². The molecular formula is C35H35F3N4O7S2. The molecule has 0 bridgehead atoms. The van der Waals surface area contributed by atoms with E-state index in [1.807, 2.05) is 0 Å². The van der Waals surface area contributed by atoms with Crippen LogP contribution < -0.4 is 21.3 Å². The topological polar surface area (TPSA) is 160 Å².